The molecule has 2 heterocycles. The molecule has 0 aromatic rings. The van der Waals surface area contributed by atoms with Crippen LogP contribution < -0.4 is 5.32 Å². The Morgan fingerprint density at radius 1 is 0.956 bits per heavy atom. The van der Waals surface area contributed by atoms with Gasteiger partial charge >= 0.3 is 5.97 Å². The summed E-state index contributed by atoms with van der Waals surface area (Å²) in [6.07, 6.45) is 16.1. The lowest BCUT2D eigenvalue weighted by Crippen LogP contribution is -2.56. The summed E-state index contributed by atoms with van der Waals surface area (Å²) in [5, 5.41) is 12.1. The smallest absolute Gasteiger partial charge is 0.317 e. The van der Waals surface area contributed by atoms with Gasteiger partial charge in [0.2, 0.25) is 5.91 Å². The van der Waals surface area contributed by atoms with Crippen molar-refractivity contribution in [3.05, 3.63) is 0 Å². The molecule has 2 spiro atoms. The van der Waals surface area contributed by atoms with Crippen LogP contribution in [-0.4, -0.2) is 79.3 Å². The number of amides is 1. The van der Waals surface area contributed by atoms with Gasteiger partial charge in [0.1, 0.15) is 0 Å². The maximum atomic E-state index is 12.8. The van der Waals surface area contributed by atoms with Crippen LogP contribution in [0.1, 0.15) is 104 Å². The molecule has 254 valence electrons. The minimum Gasteiger partial charge on any atom is -0.480 e. The molecule has 2 N–H and O–H groups in total. The van der Waals surface area contributed by atoms with Crippen LogP contribution in [0.3, 0.4) is 0 Å². The van der Waals surface area contributed by atoms with E-state index in [0.29, 0.717) is 72.8 Å². The molecule has 6 saturated carbocycles. The van der Waals surface area contributed by atoms with E-state index in [-0.39, 0.29) is 49.9 Å². The number of morpholine rings is 1. The van der Waals surface area contributed by atoms with Crippen molar-refractivity contribution in [1.82, 2.24) is 10.2 Å². The highest BCUT2D eigenvalue weighted by Gasteiger charge is 2.80. The fourth-order valence-corrected chi connectivity index (χ4v) is 12.8. The van der Waals surface area contributed by atoms with Gasteiger partial charge in [0.15, 0.2) is 6.29 Å². The van der Waals surface area contributed by atoms with Gasteiger partial charge in [-0.25, -0.2) is 0 Å². The Kier molecular flexibility index (Phi) is 8.44. The van der Waals surface area contributed by atoms with Crippen molar-refractivity contribution in [3.63, 3.8) is 0 Å². The predicted octanol–water partition coefficient (Wildman–Crippen LogP) is 5.35. The summed E-state index contributed by atoms with van der Waals surface area (Å²) in [7, 11) is 0. The molecule has 0 radical (unpaired) electrons. The number of ether oxygens (including phenoxy) is 3. The predicted molar refractivity (Wildman–Crippen MR) is 175 cm³/mol. The monoisotopic (exact) mass is 646 g/mol. The first-order chi connectivity index (χ1) is 21.1. The van der Waals surface area contributed by atoms with E-state index in [4.69, 9.17) is 19.3 Å². The van der Waals surface area contributed by atoms with Gasteiger partial charge in [0, 0.05) is 19.5 Å². The number of hydrogen-bond donors (Lipinski definition) is 2. The van der Waals surface area contributed by atoms with Gasteiger partial charge in [0.05, 0.1) is 38.0 Å². The van der Waals surface area contributed by atoms with Crippen molar-refractivity contribution >= 4 is 25.4 Å². The van der Waals surface area contributed by atoms with E-state index in [2.05, 4.69) is 26.1 Å². The first-order valence-electron chi connectivity index (χ1n) is 18.2. The molecule has 9 unspecified atom stereocenters. The molecule has 0 aromatic carbocycles. The highest BCUT2D eigenvalue weighted by molar-refractivity contribution is 7.59. The van der Waals surface area contributed by atoms with Crippen LogP contribution in [0.5, 0.6) is 0 Å². The first-order valence-corrected chi connectivity index (χ1v) is 18.2. The number of nitrogens with zero attached hydrogens (tertiary/aromatic N) is 1. The summed E-state index contributed by atoms with van der Waals surface area (Å²) in [6.45, 7) is 10.1. The molecular weight excluding hydrogens is 588 g/mol. The molecular formula is C36H58N2O6S. The number of aliphatic carboxylic acids is 1. The van der Waals surface area contributed by atoms with Gasteiger partial charge in [-0.1, -0.05) is 20.8 Å². The molecule has 8 aliphatic rings. The molecule has 1 amide bonds. The molecule has 0 bridgehead atoms. The number of nitrogens with one attached hydrogen (secondary N) is 1. The van der Waals surface area contributed by atoms with Crippen molar-refractivity contribution in [2.24, 2.45) is 51.2 Å². The van der Waals surface area contributed by atoms with Gasteiger partial charge in [-0.3, -0.25) is 9.59 Å². The second kappa shape index (κ2) is 11.6. The molecule has 6 aliphatic carbocycles. The van der Waals surface area contributed by atoms with Gasteiger partial charge in [0.25, 0.3) is 0 Å². The van der Waals surface area contributed by atoms with Gasteiger partial charge in [-0.2, -0.15) is 13.5 Å². The Balaban J connectivity index is 0.00000325. The van der Waals surface area contributed by atoms with Crippen molar-refractivity contribution < 1.29 is 28.9 Å². The van der Waals surface area contributed by atoms with Crippen molar-refractivity contribution in [2.45, 2.75) is 129 Å². The minimum atomic E-state index is -0.800. The second-order valence-corrected chi connectivity index (χ2v) is 17.4. The summed E-state index contributed by atoms with van der Waals surface area (Å²) in [4.78, 5) is 25.8. The number of fused-ring (bicyclic) bond motifs is 4. The summed E-state index contributed by atoms with van der Waals surface area (Å²) in [5.41, 5.74) is 1.46. The van der Waals surface area contributed by atoms with E-state index in [1.807, 2.05) is 4.90 Å². The van der Waals surface area contributed by atoms with Crippen molar-refractivity contribution in [3.8, 4) is 0 Å². The normalized spacial score (nSPS) is 47.7. The Hall–Kier alpha value is -0.870. The number of carbonyl (C=O) groups is 2. The van der Waals surface area contributed by atoms with Crippen LogP contribution in [0, 0.1) is 51.2 Å². The molecule has 9 heteroatoms. The second-order valence-electron chi connectivity index (χ2n) is 17.4. The van der Waals surface area contributed by atoms with Crippen LogP contribution in [-0.2, 0) is 23.8 Å². The third-order valence-corrected chi connectivity index (χ3v) is 15.1. The van der Waals surface area contributed by atoms with E-state index < -0.39 is 5.97 Å². The van der Waals surface area contributed by atoms with E-state index in [1.165, 1.54) is 64.2 Å². The molecule has 8 rings (SSSR count). The quantitative estimate of drug-likeness (QED) is 0.367. The van der Waals surface area contributed by atoms with E-state index in [1.54, 1.807) is 0 Å². The Morgan fingerprint density at radius 3 is 2.53 bits per heavy atom. The zero-order chi connectivity index (χ0) is 30.5. The van der Waals surface area contributed by atoms with Crippen LogP contribution in [0.2, 0.25) is 0 Å². The van der Waals surface area contributed by atoms with E-state index in [0.717, 1.165) is 24.7 Å². The summed E-state index contributed by atoms with van der Waals surface area (Å²) < 4.78 is 19.7. The topological polar surface area (TPSA) is 97.3 Å². The van der Waals surface area contributed by atoms with E-state index in [9.17, 15) is 9.59 Å². The average molecular weight is 647 g/mol. The van der Waals surface area contributed by atoms with Crippen molar-refractivity contribution in [2.75, 3.05) is 32.8 Å². The number of carboxylic acids is 1. The lowest BCUT2D eigenvalue weighted by Gasteiger charge is -2.60. The molecule has 8 fully saturated rings. The Bertz CT molecular complexity index is 1160. The van der Waals surface area contributed by atoms with Gasteiger partial charge < -0.3 is 29.5 Å². The molecule has 11 atom stereocenters. The SMILES string of the molecule is CC12CC[C@@]34CC35CC[C@H](OC3CN(C(=O)CC6CC6)CCO3)C(C)(C)C5CCC4C1CC1OC(CNCC(=O)O)CCC12.S. The van der Waals surface area contributed by atoms with Crippen LogP contribution >= 0.6 is 13.5 Å². The molecule has 8 nitrogen and oxygen atoms in total. The molecule has 0 aromatic heterocycles. The Morgan fingerprint density at radius 2 is 1.76 bits per heavy atom. The molecule has 2 aliphatic heterocycles. The maximum absolute atomic E-state index is 12.8. The Labute approximate surface area is 276 Å². The van der Waals surface area contributed by atoms with Gasteiger partial charge in [-0.05, 0) is 128 Å². The zero-order valence-electron chi connectivity index (χ0n) is 27.9. The third kappa shape index (κ3) is 5.23. The maximum Gasteiger partial charge on any atom is 0.317 e. The largest absolute Gasteiger partial charge is 0.480 e. The first kappa shape index (κ1) is 32.7. The fourth-order valence-electron chi connectivity index (χ4n) is 12.8. The number of carboxylic acid groups (broad SMARTS) is 1. The van der Waals surface area contributed by atoms with E-state index >= 15 is 0 Å². The standard InChI is InChI=1S/C36H56N2O6.H2S/c1-33(2)28-9-8-24-26-17-27-25(7-6-23(43-27)18-37-19-31(40)41)34(26,3)12-13-35(24)21-36(28,35)11-10-29(33)44-32-20-38(14-15-42-32)30(39)16-22-4-5-22;/h22-29,32,37H,4-21H2,1-3H3,(H,40,41);1H2/t23?,24?,25?,26?,27?,28?,29-,32?,34?,35-,36?;/m0./s1. The third-order valence-electron chi connectivity index (χ3n) is 15.1. The van der Waals surface area contributed by atoms with Crippen LogP contribution in [0.15, 0.2) is 0 Å². The van der Waals surface area contributed by atoms with Crippen molar-refractivity contribution in [1.29, 1.82) is 0 Å². The van der Waals surface area contributed by atoms with Gasteiger partial charge in [-0.15, -0.1) is 0 Å². The lowest BCUT2D eigenvalue weighted by molar-refractivity contribution is -0.244. The highest BCUT2D eigenvalue weighted by atomic mass is 32.1. The lowest BCUT2D eigenvalue weighted by atomic mass is 9.46. The zero-order valence-corrected chi connectivity index (χ0v) is 28.9. The number of rotatable bonds is 8. The summed E-state index contributed by atoms with van der Waals surface area (Å²) in [5.74, 6) is 3.01. The summed E-state index contributed by atoms with van der Waals surface area (Å²) >= 11 is 0. The van der Waals surface area contributed by atoms with Crippen LogP contribution in [0.4, 0.5) is 0 Å². The number of hydrogen-bond acceptors (Lipinski definition) is 6. The molecule has 45 heavy (non-hydrogen) atoms. The fraction of sp³-hybridized carbons (Fsp3) is 0.944. The average Bonchev–Trinajstić information content (AvgIpc) is 3.90. The number of carbonyl (C=O) groups excluding carboxylic acids is 1. The van der Waals surface area contributed by atoms with Crippen LogP contribution in [0.25, 0.3) is 0 Å². The summed E-state index contributed by atoms with van der Waals surface area (Å²) in [6, 6.07) is 0. The highest BCUT2D eigenvalue weighted by Crippen LogP contribution is 2.87. The minimum absolute atomic E-state index is 0. The molecule has 2 saturated heterocycles.